The fourth-order valence-electron chi connectivity index (χ4n) is 2.82. The topological polar surface area (TPSA) is 43.8 Å². The van der Waals surface area contributed by atoms with Crippen molar-refractivity contribution in [2.75, 3.05) is 0 Å². The highest BCUT2D eigenvalue weighted by Gasteiger charge is 2.34. The summed E-state index contributed by atoms with van der Waals surface area (Å²) in [6, 6.07) is 8.50. The second-order valence-electron chi connectivity index (χ2n) is 4.88. The molecule has 88 valence electrons. The zero-order chi connectivity index (χ0) is 11.9. The molecule has 0 fully saturated rings. The van der Waals surface area contributed by atoms with Gasteiger partial charge in [0.25, 0.3) is 0 Å². The Morgan fingerprint density at radius 3 is 2.94 bits per heavy atom. The molecule has 17 heavy (non-hydrogen) atoms. The Morgan fingerprint density at radius 1 is 1.35 bits per heavy atom. The smallest absolute Gasteiger partial charge is 0.0699 e. The van der Waals surface area contributed by atoms with E-state index in [4.69, 9.17) is 5.73 Å². The third kappa shape index (κ3) is 1.58. The van der Waals surface area contributed by atoms with Gasteiger partial charge < -0.3 is 5.73 Å². The second-order valence-corrected chi connectivity index (χ2v) is 4.88. The maximum absolute atomic E-state index is 6.65. The van der Waals surface area contributed by atoms with Crippen LogP contribution in [-0.2, 0) is 19.0 Å². The Labute approximate surface area is 101 Å². The molecule has 1 unspecified atom stereocenters. The molecule has 1 aliphatic carbocycles. The fraction of sp³-hybridized carbons (Fsp3) is 0.357. The molecule has 1 heterocycles. The Morgan fingerprint density at radius 2 is 2.18 bits per heavy atom. The van der Waals surface area contributed by atoms with Gasteiger partial charge in [0.2, 0.25) is 0 Å². The SMILES string of the molecule is Cn1cc(C2(N)CCCc3ccccc32)cn1. The first-order valence-electron chi connectivity index (χ1n) is 6.06. The molecule has 1 aliphatic rings. The van der Waals surface area contributed by atoms with Crippen molar-refractivity contribution < 1.29 is 0 Å². The predicted molar refractivity (Wildman–Crippen MR) is 67.6 cm³/mol. The van der Waals surface area contributed by atoms with Crippen molar-refractivity contribution in [2.45, 2.75) is 24.8 Å². The largest absolute Gasteiger partial charge is 0.318 e. The quantitative estimate of drug-likeness (QED) is 0.809. The minimum atomic E-state index is -0.358. The molecule has 3 rings (SSSR count). The standard InChI is InChI=1S/C14H17N3/c1-17-10-12(9-16-17)14(15)8-4-6-11-5-2-3-7-13(11)14/h2-3,5,7,9-10H,4,6,8,15H2,1H3. The van der Waals surface area contributed by atoms with Crippen LogP contribution < -0.4 is 5.73 Å². The summed E-state index contributed by atoms with van der Waals surface area (Å²) in [7, 11) is 1.93. The lowest BCUT2D eigenvalue weighted by Crippen LogP contribution is -2.40. The lowest BCUT2D eigenvalue weighted by atomic mass is 9.74. The van der Waals surface area contributed by atoms with E-state index >= 15 is 0 Å². The highest BCUT2D eigenvalue weighted by atomic mass is 15.2. The minimum absolute atomic E-state index is 0.358. The summed E-state index contributed by atoms with van der Waals surface area (Å²) in [6.07, 6.45) is 7.19. The van der Waals surface area contributed by atoms with E-state index in [1.54, 1.807) is 0 Å². The van der Waals surface area contributed by atoms with Gasteiger partial charge in [-0.15, -0.1) is 0 Å². The Balaban J connectivity index is 2.15. The van der Waals surface area contributed by atoms with Crippen molar-refractivity contribution in [3.63, 3.8) is 0 Å². The van der Waals surface area contributed by atoms with Gasteiger partial charge in [0.1, 0.15) is 0 Å². The summed E-state index contributed by atoms with van der Waals surface area (Å²) >= 11 is 0. The number of nitrogens with two attached hydrogens (primary N) is 1. The van der Waals surface area contributed by atoms with Crippen molar-refractivity contribution in [1.82, 2.24) is 9.78 Å². The number of rotatable bonds is 1. The molecule has 0 spiro atoms. The van der Waals surface area contributed by atoms with Gasteiger partial charge in [0, 0.05) is 18.8 Å². The van der Waals surface area contributed by atoms with Crippen molar-refractivity contribution in [3.05, 3.63) is 53.3 Å². The van der Waals surface area contributed by atoms with E-state index in [-0.39, 0.29) is 5.54 Å². The summed E-state index contributed by atoms with van der Waals surface area (Å²) < 4.78 is 1.82. The van der Waals surface area contributed by atoms with Gasteiger partial charge in [-0.2, -0.15) is 5.10 Å². The summed E-state index contributed by atoms with van der Waals surface area (Å²) in [5.74, 6) is 0. The third-order valence-electron chi connectivity index (χ3n) is 3.74. The average molecular weight is 227 g/mol. The molecule has 1 aromatic heterocycles. The normalized spacial score (nSPS) is 23.4. The Hall–Kier alpha value is -1.61. The number of hydrogen-bond donors (Lipinski definition) is 1. The number of aryl methyl sites for hydroxylation is 2. The van der Waals surface area contributed by atoms with E-state index in [2.05, 4.69) is 29.4 Å². The van der Waals surface area contributed by atoms with Gasteiger partial charge in [-0.3, -0.25) is 4.68 Å². The maximum atomic E-state index is 6.65. The monoisotopic (exact) mass is 227 g/mol. The van der Waals surface area contributed by atoms with Gasteiger partial charge in [0.15, 0.2) is 0 Å². The van der Waals surface area contributed by atoms with Crippen LogP contribution >= 0.6 is 0 Å². The molecular weight excluding hydrogens is 210 g/mol. The van der Waals surface area contributed by atoms with E-state index in [1.165, 1.54) is 11.1 Å². The van der Waals surface area contributed by atoms with Crippen LogP contribution in [-0.4, -0.2) is 9.78 Å². The number of fused-ring (bicyclic) bond motifs is 1. The van der Waals surface area contributed by atoms with E-state index in [1.807, 2.05) is 24.1 Å². The zero-order valence-electron chi connectivity index (χ0n) is 10.1. The van der Waals surface area contributed by atoms with Gasteiger partial charge in [-0.25, -0.2) is 0 Å². The van der Waals surface area contributed by atoms with Gasteiger partial charge in [0.05, 0.1) is 11.7 Å². The molecule has 1 atom stereocenters. The summed E-state index contributed by atoms with van der Waals surface area (Å²) in [5.41, 5.74) is 10.1. The fourth-order valence-corrected chi connectivity index (χ4v) is 2.82. The first-order chi connectivity index (χ1) is 8.20. The molecule has 0 aliphatic heterocycles. The first kappa shape index (κ1) is 10.5. The zero-order valence-corrected chi connectivity index (χ0v) is 10.1. The van der Waals surface area contributed by atoms with Crippen LogP contribution in [0.15, 0.2) is 36.7 Å². The number of hydrogen-bond acceptors (Lipinski definition) is 2. The molecule has 2 N–H and O–H groups in total. The number of aromatic nitrogens is 2. The van der Waals surface area contributed by atoms with Gasteiger partial charge in [-0.05, 0) is 30.4 Å². The molecule has 3 nitrogen and oxygen atoms in total. The van der Waals surface area contributed by atoms with Crippen LogP contribution in [0.2, 0.25) is 0 Å². The van der Waals surface area contributed by atoms with Crippen LogP contribution in [0.1, 0.15) is 29.5 Å². The van der Waals surface area contributed by atoms with Crippen molar-refractivity contribution in [3.8, 4) is 0 Å². The molecule has 2 aromatic rings. The van der Waals surface area contributed by atoms with Crippen LogP contribution in [0.5, 0.6) is 0 Å². The highest BCUT2D eigenvalue weighted by Crippen LogP contribution is 2.37. The van der Waals surface area contributed by atoms with Crippen LogP contribution in [0.25, 0.3) is 0 Å². The minimum Gasteiger partial charge on any atom is -0.318 e. The molecule has 1 aromatic carbocycles. The van der Waals surface area contributed by atoms with Crippen LogP contribution in [0, 0.1) is 0 Å². The molecule has 3 heteroatoms. The van der Waals surface area contributed by atoms with Gasteiger partial charge in [-0.1, -0.05) is 24.3 Å². The molecule has 0 saturated carbocycles. The van der Waals surface area contributed by atoms with Crippen LogP contribution in [0.4, 0.5) is 0 Å². The molecule has 0 saturated heterocycles. The predicted octanol–water partition coefficient (Wildman–Crippen LogP) is 1.96. The molecule has 0 amide bonds. The summed E-state index contributed by atoms with van der Waals surface area (Å²) in [5, 5.41) is 4.25. The van der Waals surface area contributed by atoms with Crippen molar-refractivity contribution in [1.29, 1.82) is 0 Å². The van der Waals surface area contributed by atoms with E-state index < -0.39 is 0 Å². The molecular formula is C14H17N3. The Bertz CT molecular complexity index is 544. The summed E-state index contributed by atoms with van der Waals surface area (Å²) in [6.45, 7) is 0. The summed E-state index contributed by atoms with van der Waals surface area (Å²) in [4.78, 5) is 0. The van der Waals surface area contributed by atoms with E-state index in [0.29, 0.717) is 0 Å². The molecule has 0 bridgehead atoms. The lowest BCUT2D eigenvalue weighted by molar-refractivity contribution is 0.442. The number of nitrogens with zero attached hydrogens (tertiary/aromatic N) is 2. The number of benzene rings is 1. The first-order valence-corrected chi connectivity index (χ1v) is 6.06. The van der Waals surface area contributed by atoms with Crippen molar-refractivity contribution in [2.24, 2.45) is 12.8 Å². The highest BCUT2D eigenvalue weighted by molar-refractivity contribution is 5.43. The van der Waals surface area contributed by atoms with Gasteiger partial charge >= 0.3 is 0 Å². The van der Waals surface area contributed by atoms with E-state index in [9.17, 15) is 0 Å². The third-order valence-corrected chi connectivity index (χ3v) is 3.74. The molecule has 0 radical (unpaired) electrons. The van der Waals surface area contributed by atoms with Crippen molar-refractivity contribution >= 4 is 0 Å². The van der Waals surface area contributed by atoms with Crippen LogP contribution in [0.3, 0.4) is 0 Å². The van der Waals surface area contributed by atoms with E-state index in [0.717, 1.165) is 24.8 Å². The maximum Gasteiger partial charge on any atom is 0.0699 e. The second kappa shape index (κ2) is 3.70. The lowest BCUT2D eigenvalue weighted by Gasteiger charge is -2.35. The average Bonchev–Trinajstić information content (AvgIpc) is 2.77. The Kier molecular flexibility index (Phi) is 2.30.